The lowest BCUT2D eigenvalue weighted by molar-refractivity contribution is 0.122. The Morgan fingerprint density at radius 1 is 1.09 bits per heavy atom. The van der Waals surface area contributed by atoms with Crippen LogP contribution in [0.15, 0.2) is 17.2 Å². The number of hydrogen-bond acceptors (Lipinski definition) is 9. The van der Waals surface area contributed by atoms with Crippen LogP contribution >= 0.6 is 0 Å². The van der Waals surface area contributed by atoms with Crippen molar-refractivity contribution in [3.63, 3.8) is 0 Å². The number of fused-ring (bicyclic) bond motifs is 2. The molecule has 1 N–H and O–H groups in total. The fourth-order valence-electron chi connectivity index (χ4n) is 4.56. The highest BCUT2D eigenvalue weighted by molar-refractivity contribution is 5.86. The molecule has 1 saturated heterocycles. The van der Waals surface area contributed by atoms with Gasteiger partial charge in [-0.15, -0.1) is 0 Å². The molecule has 0 radical (unpaired) electrons. The summed E-state index contributed by atoms with van der Waals surface area (Å²) in [6, 6.07) is 1.78. The molecule has 1 aromatic carbocycles. The lowest BCUT2D eigenvalue weighted by Gasteiger charge is -2.33. The molecule has 168 valence electrons. The van der Waals surface area contributed by atoms with Crippen LogP contribution in [0.2, 0.25) is 0 Å². The van der Waals surface area contributed by atoms with E-state index in [1.54, 1.807) is 26.6 Å². The quantitative estimate of drug-likeness (QED) is 0.648. The lowest BCUT2D eigenvalue weighted by atomic mass is 10.0. The molecule has 10 nitrogen and oxygen atoms in total. The van der Waals surface area contributed by atoms with Gasteiger partial charge in [0.05, 0.1) is 50.6 Å². The maximum Gasteiger partial charge on any atom is 0.282 e. The first-order chi connectivity index (χ1) is 15.6. The fraction of sp³-hybridized carbons (Fsp3) is 0.455. The Balaban J connectivity index is 1.50. The van der Waals surface area contributed by atoms with E-state index in [0.29, 0.717) is 60.2 Å². The Morgan fingerprint density at radius 3 is 2.66 bits per heavy atom. The Kier molecular flexibility index (Phi) is 5.30. The topological polar surface area (TPSA) is 106 Å². The van der Waals surface area contributed by atoms with Crippen molar-refractivity contribution in [2.45, 2.75) is 19.9 Å². The molecule has 3 aromatic rings. The van der Waals surface area contributed by atoms with Crippen molar-refractivity contribution in [3.05, 3.63) is 39.6 Å². The first kappa shape index (κ1) is 20.5. The summed E-state index contributed by atoms with van der Waals surface area (Å²) in [5.74, 6) is 2.62. The van der Waals surface area contributed by atoms with Gasteiger partial charge in [0.15, 0.2) is 11.5 Å². The molecule has 0 aliphatic carbocycles. The van der Waals surface area contributed by atoms with Crippen LogP contribution in [0.3, 0.4) is 0 Å². The van der Waals surface area contributed by atoms with Crippen LogP contribution < -0.4 is 24.8 Å². The largest absolute Gasteiger partial charge is 0.493 e. The number of aryl methyl sites for hydroxylation is 1. The van der Waals surface area contributed by atoms with Crippen LogP contribution in [0, 0.1) is 6.92 Å². The zero-order valence-corrected chi connectivity index (χ0v) is 18.5. The number of morpholine rings is 1. The van der Waals surface area contributed by atoms with Gasteiger partial charge in [-0.3, -0.25) is 4.79 Å². The molecular weight excluding hydrogens is 412 g/mol. The first-order valence-electron chi connectivity index (χ1n) is 10.7. The Bertz CT molecular complexity index is 1220. The van der Waals surface area contributed by atoms with Crippen molar-refractivity contribution >= 4 is 22.7 Å². The molecule has 2 aromatic heterocycles. The van der Waals surface area contributed by atoms with E-state index < -0.39 is 0 Å². The van der Waals surface area contributed by atoms with Crippen LogP contribution in [0.5, 0.6) is 11.5 Å². The number of H-pyrrole nitrogens is 1. The van der Waals surface area contributed by atoms with E-state index in [0.717, 1.165) is 36.6 Å². The monoisotopic (exact) mass is 438 g/mol. The number of aromatic amines is 1. The van der Waals surface area contributed by atoms with E-state index in [9.17, 15) is 4.79 Å². The molecule has 1 fully saturated rings. The third-order valence-electron chi connectivity index (χ3n) is 6.17. The van der Waals surface area contributed by atoms with Gasteiger partial charge in [-0.25, -0.2) is 9.97 Å². The van der Waals surface area contributed by atoms with E-state index in [4.69, 9.17) is 14.2 Å². The number of nitrogens with zero attached hydrogens (tertiary/aromatic N) is 5. The van der Waals surface area contributed by atoms with E-state index in [1.807, 2.05) is 11.8 Å². The summed E-state index contributed by atoms with van der Waals surface area (Å²) < 4.78 is 16.4. The molecule has 2 aliphatic rings. The maximum atomic E-state index is 12.9. The minimum absolute atomic E-state index is 0.297. The second-order valence-corrected chi connectivity index (χ2v) is 7.92. The molecule has 0 unspecified atom stereocenters. The average Bonchev–Trinajstić information content (AvgIpc) is 2.83. The number of hydrogen-bond donors (Lipinski definition) is 1. The Hall–Kier alpha value is -3.40. The highest BCUT2D eigenvalue weighted by Crippen LogP contribution is 2.35. The predicted molar refractivity (Wildman–Crippen MR) is 120 cm³/mol. The fourth-order valence-corrected chi connectivity index (χ4v) is 4.56. The van der Waals surface area contributed by atoms with Crippen LogP contribution in [-0.4, -0.2) is 67.0 Å². The number of aromatic nitrogens is 4. The van der Waals surface area contributed by atoms with E-state index >= 15 is 0 Å². The number of nitrogens with one attached hydrogen (secondary N) is 1. The average molecular weight is 438 g/mol. The first-order valence-corrected chi connectivity index (χ1v) is 10.7. The number of ether oxygens (including phenoxy) is 3. The molecular formula is C22H26N6O4. The normalized spacial score (nSPS) is 16.2. The van der Waals surface area contributed by atoms with Crippen LogP contribution in [-0.2, 0) is 17.7 Å². The summed E-state index contributed by atoms with van der Waals surface area (Å²) in [6.07, 6.45) is 2.39. The van der Waals surface area contributed by atoms with Crippen LogP contribution in [0.25, 0.3) is 10.9 Å². The van der Waals surface area contributed by atoms with Gasteiger partial charge in [-0.2, -0.15) is 4.98 Å². The highest BCUT2D eigenvalue weighted by Gasteiger charge is 2.26. The van der Waals surface area contributed by atoms with Crippen molar-refractivity contribution < 1.29 is 14.2 Å². The number of rotatable bonds is 4. The smallest absolute Gasteiger partial charge is 0.282 e. The summed E-state index contributed by atoms with van der Waals surface area (Å²) in [5, 5.41) is 0.501. The van der Waals surface area contributed by atoms with E-state index in [1.165, 1.54) is 0 Å². The van der Waals surface area contributed by atoms with Gasteiger partial charge in [-0.1, -0.05) is 0 Å². The van der Waals surface area contributed by atoms with Crippen molar-refractivity contribution in [3.8, 4) is 11.5 Å². The van der Waals surface area contributed by atoms with Crippen molar-refractivity contribution in [1.29, 1.82) is 0 Å². The second-order valence-electron chi connectivity index (χ2n) is 7.92. The molecule has 2 aliphatic heterocycles. The van der Waals surface area contributed by atoms with E-state index in [-0.39, 0.29) is 5.56 Å². The van der Waals surface area contributed by atoms with Crippen molar-refractivity contribution in [1.82, 2.24) is 19.9 Å². The van der Waals surface area contributed by atoms with Gasteiger partial charge in [0, 0.05) is 36.8 Å². The minimum Gasteiger partial charge on any atom is -0.493 e. The third kappa shape index (κ3) is 3.40. The van der Waals surface area contributed by atoms with Gasteiger partial charge >= 0.3 is 0 Å². The van der Waals surface area contributed by atoms with Gasteiger partial charge in [0.25, 0.3) is 5.56 Å². The molecule has 10 heteroatoms. The Morgan fingerprint density at radius 2 is 1.91 bits per heavy atom. The molecule has 0 atom stereocenters. The van der Waals surface area contributed by atoms with Gasteiger partial charge in [0.1, 0.15) is 12.1 Å². The van der Waals surface area contributed by atoms with Gasteiger partial charge in [-0.05, 0) is 13.3 Å². The van der Waals surface area contributed by atoms with Crippen molar-refractivity contribution in [2.24, 2.45) is 0 Å². The number of methoxy groups -OCH3 is 2. The molecule has 0 saturated carbocycles. The molecule has 0 amide bonds. The summed E-state index contributed by atoms with van der Waals surface area (Å²) in [7, 11) is 3.14. The zero-order valence-electron chi connectivity index (χ0n) is 18.5. The summed E-state index contributed by atoms with van der Waals surface area (Å²) >= 11 is 0. The van der Waals surface area contributed by atoms with Crippen LogP contribution in [0.1, 0.15) is 16.8 Å². The lowest BCUT2D eigenvalue weighted by Crippen LogP contribution is -2.39. The number of benzene rings is 1. The van der Waals surface area contributed by atoms with Crippen molar-refractivity contribution in [2.75, 3.05) is 56.9 Å². The summed E-state index contributed by atoms with van der Waals surface area (Å²) in [4.78, 5) is 34.0. The van der Waals surface area contributed by atoms with Gasteiger partial charge in [0.2, 0.25) is 5.95 Å². The molecule has 0 spiro atoms. The highest BCUT2D eigenvalue weighted by atomic mass is 16.5. The zero-order chi connectivity index (χ0) is 22.2. The SMILES string of the molecule is COc1cc2[nH]c(N3CCc4c(ncnc4N4CCOCC4)C3)nc(=O)c2c(C)c1OC. The second kappa shape index (κ2) is 8.27. The third-order valence-corrected chi connectivity index (χ3v) is 6.17. The molecule has 5 rings (SSSR count). The molecule has 0 bridgehead atoms. The van der Waals surface area contributed by atoms with Crippen LogP contribution in [0.4, 0.5) is 11.8 Å². The molecule has 32 heavy (non-hydrogen) atoms. The Labute approximate surface area is 185 Å². The minimum atomic E-state index is -0.297. The van der Waals surface area contributed by atoms with Gasteiger partial charge < -0.3 is 29.0 Å². The standard InChI is InChI=1S/C22H26N6O4/c1-13-18-15(10-17(30-2)19(13)31-3)25-22(26-21(18)29)28-5-4-14-16(11-28)23-12-24-20(14)27-6-8-32-9-7-27/h10,12H,4-9,11H2,1-3H3,(H,25,26,29). The predicted octanol–water partition coefficient (Wildman–Crippen LogP) is 1.44. The number of anilines is 2. The van der Waals surface area contributed by atoms with E-state index in [2.05, 4.69) is 24.8 Å². The summed E-state index contributed by atoms with van der Waals surface area (Å²) in [5.41, 5.74) is 3.19. The maximum absolute atomic E-state index is 12.9. The molecule has 4 heterocycles. The summed E-state index contributed by atoms with van der Waals surface area (Å²) in [6.45, 7) is 6.17.